The van der Waals surface area contributed by atoms with Crippen LogP contribution in [0, 0.1) is 25.2 Å². The first-order valence-electron chi connectivity index (χ1n) is 7.33. The standard InChI is InChI=1S/C16H16N4O3/c1-10-15(11(2)23-19-10)16(21)20-6-4-13(9-20)22-14-7-12(8-17)3-5-18-14/h3,5,7,13H,4,6,9H2,1-2H3. The van der Waals surface area contributed by atoms with Gasteiger partial charge in [0.1, 0.15) is 17.4 Å². The van der Waals surface area contributed by atoms with Crippen molar-refractivity contribution in [3.05, 3.63) is 40.9 Å². The lowest BCUT2D eigenvalue weighted by Crippen LogP contribution is -2.31. The minimum atomic E-state index is -0.138. The third-order valence-corrected chi connectivity index (χ3v) is 3.83. The van der Waals surface area contributed by atoms with Crippen molar-refractivity contribution < 1.29 is 14.1 Å². The Morgan fingerprint density at radius 1 is 1.52 bits per heavy atom. The second-order valence-corrected chi connectivity index (χ2v) is 5.47. The molecule has 0 spiro atoms. The van der Waals surface area contributed by atoms with Gasteiger partial charge in [-0.2, -0.15) is 5.26 Å². The van der Waals surface area contributed by atoms with Crippen molar-refractivity contribution in [3.8, 4) is 11.9 Å². The van der Waals surface area contributed by atoms with Crippen LogP contribution in [0.4, 0.5) is 0 Å². The third-order valence-electron chi connectivity index (χ3n) is 3.83. The van der Waals surface area contributed by atoms with Gasteiger partial charge >= 0.3 is 0 Å². The smallest absolute Gasteiger partial charge is 0.259 e. The minimum Gasteiger partial charge on any atom is -0.472 e. The third kappa shape index (κ3) is 3.01. The molecule has 3 rings (SSSR count). The first-order valence-corrected chi connectivity index (χ1v) is 7.33. The number of hydrogen-bond donors (Lipinski definition) is 0. The van der Waals surface area contributed by atoms with Crippen molar-refractivity contribution in [1.29, 1.82) is 5.26 Å². The molecule has 2 aromatic rings. The molecule has 1 aliphatic heterocycles. The molecule has 7 heteroatoms. The summed E-state index contributed by atoms with van der Waals surface area (Å²) in [7, 11) is 0. The summed E-state index contributed by atoms with van der Waals surface area (Å²) < 4.78 is 10.8. The van der Waals surface area contributed by atoms with Gasteiger partial charge in [0.25, 0.3) is 5.91 Å². The Bertz CT molecular complexity index is 758. The van der Waals surface area contributed by atoms with Crippen molar-refractivity contribution >= 4 is 5.91 Å². The van der Waals surface area contributed by atoms with Crippen LogP contribution in [-0.4, -0.2) is 40.1 Å². The number of aromatic nitrogens is 2. The maximum Gasteiger partial charge on any atom is 0.259 e. The Balaban J connectivity index is 1.67. The lowest BCUT2D eigenvalue weighted by atomic mass is 10.2. The van der Waals surface area contributed by atoms with Crippen LogP contribution in [0.15, 0.2) is 22.9 Å². The number of aryl methyl sites for hydroxylation is 2. The molecule has 1 atom stereocenters. The molecular formula is C16H16N4O3. The number of nitriles is 1. The van der Waals surface area contributed by atoms with Crippen molar-refractivity contribution in [1.82, 2.24) is 15.0 Å². The fourth-order valence-electron chi connectivity index (χ4n) is 2.67. The maximum atomic E-state index is 12.6. The van der Waals surface area contributed by atoms with E-state index in [2.05, 4.69) is 10.1 Å². The van der Waals surface area contributed by atoms with Gasteiger partial charge < -0.3 is 14.2 Å². The molecule has 1 amide bonds. The zero-order chi connectivity index (χ0) is 16.4. The number of pyridine rings is 1. The average Bonchev–Trinajstić information content (AvgIpc) is 3.14. The molecule has 23 heavy (non-hydrogen) atoms. The molecule has 0 radical (unpaired) electrons. The molecule has 118 valence electrons. The number of likely N-dealkylation sites (tertiary alicyclic amines) is 1. The van der Waals surface area contributed by atoms with E-state index in [0.29, 0.717) is 48.0 Å². The quantitative estimate of drug-likeness (QED) is 0.859. The summed E-state index contributed by atoms with van der Waals surface area (Å²) in [5.41, 5.74) is 1.62. The summed E-state index contributed by atoms with van der Waals surface area (Å²) in [6.45, 7) is 4.56. The van der Waals surface area contributed by atoms with Gasteiger partial charge in [0.2, 0.25) is 5.88 Å². The van der Waals surface area contributed by atoms with Crippen LogP contribution in [0.3, 0.4) is 0 Å². The summed E-state index contributed by atoms with van der Waals surface area (Å²) in [5.74, 6) is 0.840. The van der Waals surface area contributed by atoms with E-state index in [1.807, 2.05) is 6.07 Å². The van der Waals surface area contributed by atoms with Gasteiger partial charge in [-0.15, -0.1) is 0 Å². The largest absolute Gasteiger partial charge is 0.472 e. The van der Waals surface area contributed by atoms with E-state index in [4.69, 9.17) is 14.5 Å². The van der Waals surface area contributed by atoms with E-state index in [1.165, 1.54) is 6.20 Å². The molecule has 1 fully saturated rings. The minimum absolute atomic E-state index is 0.0916. The van der Waals surface area contributed by atoms with E-state index >= 15 is 0 Å². The molecule has 0 bridgehead atoms. The van der Waals surface area contributed by atoms with Crippen molar-refractivity contribution in [2.45, 2.75) is 26.4 Å². The first kappa shape index (κ1) is 15.0. The molecule has 0 aliphatic carbocycles. The van der Waals surface area contributed by atoms with Gasteiger partial charge in [-0.05, 0) is 19.9 Å². The van der Waals surface area contributed by atoms with Gasteiger partial charge in [-0.3, -0.25) is 4.79 Å². The normalized spacial score (nSPS) is 17.1. The monoisotopic (exact) mass is 312 g/mol. The second kappa shape index (κ2) is 6.08. The highest BCUT2D eigenvalue weighted by atomic mass is 16.5. The Kier molecular flexibility index (Phi) is 3.98. The van der Waals surface area contributed by atoms with Crippen LogP contribution in [0.25, 0.3) is 0 Å². The SMILES string of the molecule is Cc1noc(C)c1C(=O)N1CCC(Oc2cc(C#N)ccn2)C1. The van der Waals surface area contributed by atoms with Crippen LogP contribution in [0.1, 0.15) is 33.8 Å². The Hall–Kier alpha value is -2.88. The number of hydrogen-bond acceptors (Lipinski definition) is 6. The molecule has 7 nitrogen and oxygen atoms in total. The Morgan fingerprint density at radius 2 is 2.35 bits per heavy atom. The molecule has 0 aromatic carbocycles. The van der Waals surface area contributed by atoms with Crippen LogP contribution < -0.4 is 4.74 Å². The predicted octanol–water partition coefficient (Wildman–Crippen LogP) is 1.85. The molecule has 3 heterocycles. The molecular weight excluding hydrogens is 296 g/mol. The lowest BCUT2D eigenvalue weighted by Gasteiger charge is -2.16. The zero-order valence-electron chi connectivity index (χ0n) is 12.9. The van der Waals surface area contributed by atoms with Crippen molar-refractivity contribution in [2.24, 2.45) is 0 Å². The molecule has 1 aliphatic rings. The van der Waals surface area contributed by atoms with Gasteiger partial charge in [0.15, 0.2) is 0 Å². The summed E-state index contributed by atoms with van der Waals surface area (Å²) in [5, 5.41) is 12.7. The number of carbonyl (C=O) groups excluding carboxylic acids is 1. The zero-order valence-corrected chi connectivity index (χ0v) is 12.9. The second-order valence-electron chi connectivity index (χ2n) is 5.47. The highest BCUT2D eigenvalue weighted by molar-refractivity contribution is 5.96. The van der Waals surface area contributed by atoms with Crippen molar-refractivity contribution in [3.63, 3.8) is 0 Å². The highest BCUT2D eigenvalue weighted by Gasteiger charge is 2.31. The average molecular weight is 312 g/mol. The van der Waals surface area contributed by atoms with E-state index < -0.39 is 0 Å². The van der Waals surface area contributed by atoms with Crippen LogP contribution >= 0.6 is 0 Å². The highest BCUT2D eigenvalue weighted by Crippen LogP contribution is 2.21. The number of ether oxygens (including phenoxy) is 1. The van der Waals surface area contributed by atoms with E-state index in [-0.39, 0.29) is 12.0 Å². The number of rotatable bonds is 3. The van der Waals surface area contributed by atoms with Gasteiger partial charge in [-0.1, -0.05) is 5.16 Å². The molecule has 1 unspecified atom stereocenters. The summed E-state index contributed by atoms with van der Waals surface area (Å²) in [6, 6.07) is 5.26. The van der Waals surface area contributed by atoms with Gasteiger partial charge in [0, 0.05) is 25.2 Å². The van der Waals surface area contributed by atoms with E-state index in [9.17, 15) is 4.79 Å². The molecule has 0 N–H and O–H groups in total. The van der Waals surface area contributed by atoms with Crippen LogP contribution in [-0.2, 0) is 0 Å². The summed E-state index contributed by atoms with van der Waals surface area (Å²) in [6.07, 6.45) is 2.12. The molecule has 1 saturated heterocycles. The number of amides is 1. The van der Waals surface area contributed by atoms with Gasteiger partial charge in [0.05, 0.1) is 23.9 Å². The van der Waals surface area contributed by atoms with E-state index in [1.54, 1.807) is 30.9 Å². The van der Waals surface area contributed by atoms with Crippen molar-refractivity contribution in [2.75, 3.05) is 13.1 Å². The topological polar surface area (TPSA) is 92.3 Å². The lowest BCUT2D eigenvalue weighted by molar-refractivity contribution is 0.0769. The number of nitrogens with zero attached hydrogens (tertiary/aromatic N) is 4. The molecule has 0 saturated carbocycles. The molecule has 2 aromatic heterocycles. The summed E-state index contributed by atoms with van der Waals surface area (Å²) >= 11 is 0. The fourth-order valence-corrected chi connectivity index (χ4v) is 2.67. The van der Waals surface area contributed by atoms with Crippen LogP contribution in [0.5, 0.6) is 5.88 Å². The van der Waals surface area contributed by atoms with Crippen LogP contribution in [0.2, 0.25) is 0 Å². The fraction of sp³-hybridized carbons (Fsp3) is 0.375. The first-order chi connectivity index (χ1) is 11.1. The van der Waals surface area contributed by atoms with E-state index in [0.717, 1.165) is 0 Å². The number of carbonyl (C=O) groups is 1. The predicted molar refractivity (Wildman–Crippen MR) is 79.9 cm³/mol. The summed E-state index contributed by atoms with van der Waals surface area (Å²) in [4.78, 5) is 18.4. The Labute approximate surface area is 133 Å². The van der Waals surface area contributed by atoms with Gasteiger partial charge in [-0.25, -0.2) is 4.98 Å². The Morgan fingerprint density at radius 3 is 3.04 bits per heavy atom. The maximum absolute atomic E-state index is 12.6.